The van der Waals surface area contributed by atoms with E-state index in [1.807, 2.05) is 0 Å². The average Bonchev–Trinajstić information content (AvgIpc) is 2.84. The van der Waals surface area contributed by atoms with Crippen molar-refractivity contribution in [1.82, 2.24) is 26.6 Å². The molecule has 2 spiro atoms. The van der Waals surface area contributed by atoms with Crippen molar-refractivity contribution in [2.75, 3.05) is 0 Å². The highest BCUT2D eigenvalue weighted by Crippen LogP contribution is 2.31. The first-order valence-corrected chi connectivity index (χ1v) is 13.2. The van der Waals surface area contributed by atoms with E-state index in [1.54, 1.807) is 24.3 Å². The Morgan fingerprint density at radius 3 is 2.11 bits per heavy atom. The molecule has 1 amide bonds. The predicted molar refractivity (Wildman–Crippen MR) is 147 cm³/mol. The van der Waals surface area contributed by atoms with E-state index >= 15 is 0 Å². The van der Waals surface area contributed by atoms with Gasteiger partial charge in [-0.1, -0.05) is 12.8 Å². The van der Waals surface area contributed by atoms with Crippen LogP contribution in [0, 0.1) is 0 Å². The molecule has 0 unspecified atom stereocenters. The Hall–Kier alpha value is -3.12. The maximum absolute atomic E-state index is 12.8. The Bertz CT molecular complexity index is 1120. The van der Waals surface area contributed by atoms with Crippen LogP contribution >= 0.6 is 24.4 Å². The summed E-state index contributed by atoms with van der Waals surface area (Å²) in [5, 5.41) is 16.3. The van der Waals surface area contributed by atoms with E-state index in [2.05, 4.69) is 31.6 Å². The summed E-state index contributed by atoms with van der Waals surface area (Å²) in [7, 11) is 0. The Kier molecular flexibility index (Phi) is 7.15. The molecular weight excluding hydrogens is 496 g/mol. The molecule has 2 saturated carbocycles. The second-order valence-electron chi connectivity index (χ2n) is 9.57. The van der Waals surface area contributed by atoms with E-state index < -0.39 is 5.66 Å². The number of benzene rings is 1. The largest absolute Gasteiger partial charge is 0.446 e. The molecule has 10 nitrogen and oxygen atoms in total. The van der Waals surface area contributed by atoms with Gasteiger partial charge in [0.25, 0.3) is 5.91 Å². The van der Waals surface area contributed by atoms with Crippen LogP contribution in [0.15, 0.2) is 39.2 Å². The first-order valence-electron chi connectivity index (χ1n) is 12.4. The summed E-state index contributed by atoms with van der Waals surface area (Å²) in [6, 6.07) is 6.77. The first kappa shape index (κ1) is 24.6. The molecule has 2 fully saturated rings. The van der Waals surface area contributed by atoms with Crippen molar-refractivity contribution in [1.29, 1.82) is 0 Å². The lowest BCUT2D eigenvalue weighted by Gasteiger charge is -2.39. The number of aliphatic imine (C=N–C) groups is 3. The number of carbonyl (C=O) groups is 1. The topological polar surface area (TPSA) is 124 Å². The van der Waals surface area contributed by atoms with Gasteiger partial charge >= 0.3 is 0 Å². The molecule has 0 radical (unpaired) electrons. The number of hydrogen-bond acceptors (Lipinski definition) is 7. The number of ether oxygens (including phenoxy) is 1. The minimum atomic E-state index is -0.422. The fourth-order valence-electron chi connectivity index (χ4n) is 5.09. The number of guanidine groups is 2. The Labute approximate surface area is 220 Å². The van der Waals surface area contributed by atoms with Crippen molar-refractivity contribution in [3.63, 3.8) is 0 Å². The van der Waals surface area contributed by atoms with Gasteiger partial charge in [-0.2, -0.15) is 4.99 Å². The predicted octanol–water partition coefficient (Wildman–Crippen LogP) is 2.81. The van der Waals surface area contributed by atoms with Gasteiger partial charge in [-0.05, 0) is 100 Å². The molecule has 0 saturated heterocycles. The van der Waals surface area contributed by atoms with Crippen LogP contribution in [0.2, 0.25) is 0 Å². The van der Waals surface area contributed by atoms with Crippen molar-refractivity contribution in [2.45, 2.75) is 75.5 Å². The van der Waals surface area contributed by atoms with Crippen LogP contribution < -0.4 is 31.3 Å². The minimum Gasteiger partial charge on any atom is -0.446 e. The molecule has 1 aromatic rings. The molecule has 1 aromatic carbocycles. The fourth-order valence-corrected chi connectivity index (χ4v) is 5.66. The van der Waals surface area contributed by atoms with Gasteiger partial charge in [0.15, 0.2) is 16.6 Å². The molecule has 36 heavy (non-hydrogen) atoms. The van der Waals surface area contributed by atoms with Crippen LogP contribution in [0.25, 0.3) is 0 Å². The van der Waals surface area contributed by atoms with Gasteiger partial charge in [0.1, 0.15) is 17.1 Å². The van der Waals surface area contributed by atoms with Gasteiger partial charge in [0, 0.05) is 5.56 Å². The van der Waals surface area contributed by atoms with Gasteiger partial charge in [0.05, 0.1) is 0 Å². The number of rotatable bonds is 3. The SMILES string of the molecule is O=C(NC1=NC2(CCCCC2)NC(=S)N1)c1ccc(O/C=N/C2=NC3(CCCCC3)NC(=S)N2)cc1. The summed E-state index contributed by atoms with van der Waals surface area (Å²) in [6.45, 7) is 0. The zero-order valence-electron chi connectivity index (χ0n) is 19.9. The fraction of sp³-hybridized carbons (Fsp3) is 0.500. The van der Waals surface area contributed by atoms with Crippen molar-refractivity contribution < 1.29 is 9.53 Å². The minimum absolute atomic E-state index is 0.281. The van der Waals surface area contributed by atoms with Crippen LogP contribution in [-0.2, 0) is 0 Å². The van der Waals surface area contributed by atoms with Crippen LogP contribution in [0.3, 0.4) is 0 Å². The zero-order valence-corrected chi connectivity index (χ0v) is 21.6. The molecule has 2 aliphatic heterocycles. The lowest BCUT2D eigenvalue weighted by molar-refractivity contribution is 0.0975. The number of nitrogens with zero attached hydrogens (tertiary/aromatic N) is 3. The van der Waals surface area contributed by atoms with Gasteiger partial charge in [0.2, 0.25) is 11.9 Å². The third-order valence-electron chi connectivity index (χ3n) is 6.87. The number of amides is 1. The molecule has 0 atom stereocenters. The zero-order chi connectivity index (χ0) is 25.0. The maximum atomic E-state index is 12.8. The van der Waals surface area contributed by atoms with E-state index in [0.29, 0.717) is 33.5 Å². The molecule has 5 N–H and O–H groups in total. The number of nitrogens with one attached hydrogen (secondary N) is 5. The lowest BCUT2D eigenvalue weighted by atomic mass is 9.89. The van der Waals surface area contributed by atoms with Gasteiger partial charge in [-0.25, -0.2) is 9.98 Å². The molecule has 190 valence electrons. The molecule has 4 aliphatic rings. The molecule has 2 heterocycles. The Morgan fingerprint density at radius 2 is 1.47 bits per heavy atom. The van der Waals surface area contributed by atoms with Crippen molar-refractivity contribution in [3.8, 4) is 5.75 Å². The summed E-state index contributed by atoms with van der Waals surface area (Å²) < 4.78 is 5.62. The molecule has 5 rings (SSSR count). The summed E-state index contributed by atoms with van der Waals surface area (Å²) >= 11 is 10.7. The molecule has 2 aliphatic carbocycles. The van der Waals surface area contributed by atoms with E-state index in [4.69, 9.17) is 39.2 Å². The molecule has 0 bridgehead atoms. The third kappa shape index (κ3) is 5.81. The van der Waals surface area contributed by atoms with Crippen LogP contribution in [0.5, 0.6) is 5.75 Å². The van der Waals surface area contributed by atoms with Crippen LogP contribution in [0.1, 0.15) is 74.6 Å². The van der Waals surface area contributed by atoms with Crippen LogP contribution in [0.4, 0.5) is 0 Å². The lowest BCUT2D eigenvalue weighted by Crippen LogP contribution is -2.61. The third-order valence-corrected chi connectivity index (χ3v) is 7.28. The normalized spacial score (nSPS) is 22.6. The quantitative estimate of drug-likeness (QED) is 0.232. The van der Waals surface area contributed by atoms with E-state index in [1.165, 1.54) is 19.2 Å². The summed E-state index contributed by atoms with van der Waals surface area (Å²) in [6.07, 6.45) is 11.8. The number of thiocarbonyl (C=S) groups is 2. The van der Waals surface area contributed by atoms with Gasteiger partial charge in [-0.3, -0.25) is 10.1 Å². The van der Waals surface area contributed by atoms with E-state index in [9.17, 15) is 4.79 Å². The second-order valence-corrected chi connectivity index (χ2v) is 10.4. The van der Waals surface area contributed by atoms with E-state index in [-0.39, 0.29) is 11.6 Å². The average molecular weight is 527 g/mol. The first-order chi connectivity index (χ1) is 17.4. The smallest absolute Gasteiger partial charge is 0.257 e. The summed E-state index contributed by atoms with van der Waals surface area (Å²) in [4.78, 5) is 26.6. The molecule has 0 aromatic heterocycles. The molecular formula is C24H30N8O2S2. The van der Waals surface area contributed by atoms with E-state index in [0.717, 1.165) is 51.4 Å². The van der Waals surface area contributed by atoms with Crippen molar-refractivity contribution >= 4 is 58.9 Å². The summed E-state index contributed by atoms with van der Waals surface area (Å²) in [5.41, 5.74) is -0.315. The molecule has 12 heteroatoms. The number of hydrogen-bond donors (Lipinski definition) is 5. The Morgan fingerprint density at radius 1 is 0.889 bits per heavy atom. The van der Waals surface area contributed by atoms with Crippen LogP contribution in [-0.4, -0.2) is 45.8 Å². The second kappa shape index (κ2) is 10.5. The maximum Gasteiger partial charge on any atom is 0.257 e. The highest BCUT2D eigenvalue weighted by atomic mass is 32.1. The Balaban J connectivity index is 1.19. The number of carbonyl (C=O) groups excluding carboxylic acids is 1. The standard InChI is InChI=1S/C24H30N8O2S2/c33-18(26-20-28-22(36)32-24(30-20)13-5-2-6-14-24)16-7-9-17(10-8-16)34-15-25-19-27-21(35)31-23(29-19)11-3-1-4-12-23/h7-10,15H,1-6,11-14H2,(H2,27,29,31,35)(H3,26,28,30,32,33,36)/b25-15+. The monoisotopic (exact) mass is 526 g/mol. The highest BCUT2D eigenvalue weighted by Gasteiger charge is 2.37. The highest BCUT2D eigenvalue weighted by molar-refractivity contribution is 7.80. The van der Waals surface area contributed by atoms with Gasteiger partial charge in [-0.15, -0.1) is 0 Å². The van der Waals surface area contributed by atoms with Crippen molar-refractivity contribution in [2.24, 2.45) is 15.0 Å². The van der Waals surface area contributed by atoms with Crippen molar-refractivity contribution in [3.05, 3.63) is 29.8 Å². The summed E-state index contributed by atoms with van der Waals surface area (Å²) in [5.74, 6) is 1.07. The van der Waals surface area contributed by atoms with Gasteiger partial charge < -0.3 is 26.0 Å².